The number of hydrogen-bond acceptors (Lipinski definition) is 6. The first-order chi connectivity index (χ1) is 41.0. The van der Waals surface area contributed by atoms with Crippen molar-refractivity contribution in [3.05, 3.63) is 97.2 Å². The fraction of sp³-hybridized carbons (Fsp3) is 0.753. The molecule has 1 atom stereocenters. The highest BCUT2D eigenvalue weighted by Crippen LogP contribution is 2.17. The zero-order valence-corrected chi connectivity index (χ0v) is 54.9. The highest BCUT2D eigenvalue weighted by molar-refractivity contribution is 5.71. The number of rotatable bonds is 65. The van der Waals surface area contributed by atoms with Crippen LogP contribution in [-0.2, 0) is 28.6 Å². The lowest BCUT2D eigenvalue weighted by Gasteiger charge is -2.18. The lowest BCUT2D eigenvalue weighted by molar-refractivity contribution is -0.167. The van der Waals surface area contributed by atoms with Gasteiger partial charge in [-0.25, -0.2) is 0 Å². The van der Waals surface area contributed by atoms with E-state index >= 15 is 0 Å². The van der Waals surface area contributed by atoms with Crippen LogP contribution >= 0.6 is 0 Å². The fourth-order valence-electron chi connectivity index (χ4n) is 10.2. The molecule has 0 radical (unpaired) electrons. The minimum atomic E-state index is -0.788. The van der Waals surface area contributed by atoms with Crippen LogP contribution in [-0.4, -0.2) is 37.2 Å². The highest BCUT2D eigenvalue weighted by atomic mass is 16.6. The Kier molecular flexibility index (Phi) is 67.7. The molecule has 0 spiro atoms. The van der Waals surface area contributed by atoms with E-state index in [9.17, 15) is 14.4 Å². The Morgan fingerprint density at radius 3 is 0.735 bits per heavy atom. The molecule has 0 heterocycles. The van der Waals surface area contributed by atoms with Gasteiger partial charge in [0, 0.05) is 19.3 Å². The van der Waals surface area contributed by atoms with E-state index in [0.717, 1.165) is 103 Å². The van der Waals surface area contributed by atoms with Gasteiger partial charge in [0.05, 0.1) is 0 Å². The molecule has 0 aliphatic carbocycles. The minimum absolute atomic E-state index is 0.0819. The number of hydrogen-bond donors (Lipinski definition) is 0. The molecule has 1 unspecified atom stereocenters. The quantitative estimate of drug-likeness (QED) is 0.0261. The molecule has 0 saturated heterocycles. The molecule has 0 aliphatic heterocycles. The normalized spacial score (nSPS) is 12.7. The second kappa shape index (κ2) is 70.8. The molecule has 6 nitrogen and oxygen atoms in total. The van der Waals surface area contributed by atoms with Crippen LogP contribution in [0.5, 0.6) is 0 Å². The van der Waals surface area contributed by atoms with Gasteiger partial charge >= 0.3 is 17.9 Å². The maximum Gasteiger partial charge on any atom is 0.306 e. The second-order valence-corrected chi connectivity index (χ2v) is 23.8. The van der Waals surface area contributed by atoms with Gasteiger partial charge in [-0.3, -0.25) is 14.4 Å². The molecule has 0 amide bonds. The molecular formula is C77H134O6. The maximum absolute atomic E-state index is 13.0. The average Bonchev–Trinajstić information content (AvgIpc) is 3.49. The van der Waals surface area contributed by atoms with Crippen molar-refractivity contribution < 1.29 is 28.6 Å². The van der Waals surface area contributed by atoms with E-state index in [1.165, 1.54) is 212 Å². The Morgan fingerprint density at radius 1 is 0.253 bits per heavy atom. The van der Waals surface area contributed by atoms with Gasteiger partial charge in [0.1, 0.15) is 13.2 Å². The summed E-state index contributed by atoms with van der Waals surface area (Å²) in [7, 11) is 0. The molecule has 0 N–H and O–H groups in total. The molecule has 0 aromatic carbocycles. The topological polar surface area (TPSA) is 78.9 Å². The van der Waals surface area contributed by atoms with Gasteiger partial charge in [0.15, 0.2) is 6.10 Å². The molecule has 0 aromatic heterocycles. The van der Waals surface area contributed by atoms with E-state index in [4.69, 9.17) is 14.2 Å². The summed E-state index contributed by atoms with van der Waals surface area (Å²) in [5.74, 6) is -0.879. The van der Waals surface area contributed by atoms with Crippen molar-refractivity contribution in [2.45, 2.75) is 361 Å². The summed E-state index contributed by atoms with van der Waals surface area (Å²) in [5, 5.41) is 0. The van der Waals surface area contributed by atoms with Crippen LogP contribution in [0.3, 0.4) is 0 Å². The molecular weight excluding hydrogens is 1020 g/mol. The van der Waals surface area contributed by atoms with Crippen LogP contribution in [0.15, 0.2) is 97.2 Å². The Morgan fingerprint density at radius 2 is 0.470 bits per heavy atom. The number of carbonyl (C=O) groups is 3. The van der Waals surface area contributed by atoms with E-state index in [2.05, 4.69) is 118 Å². The third kappa shape index (κ3) is 69.0. The molecule has 478 valence electrons. The summed E-state index contributed by atoms with van der Waals surface area (Å²) in [6.45, 7) is 6.54. The van der Waals surface area contributed by atoms with Crippen molar-refractivity contribution in [1.82, 2.24) is 0 Å². The monoisotopic (exact) mass is 1160 g/mol. The van der Waals surface area contributed by atoms with E-state index in [0.29, 0.717) is 19.3 Å². The van der Waals surface area contributed by atoms with Gasteiger partial charge in [0.2, 0.25) is 0 Å². The van der Waals surface area contributed by atoms with Crippen molar-refractivity contribution in [3.63, 3.8) is 0 Å². The number of ether oxygens (including phenoxy) is 3. The number of carbonyl (C=O) groups excluding carboxylic acids is 3. The van der Waals surface area contributed by atoms with Crippen LogP contribution in [0.4, 0.5) is 0 Å². The third-order valence-corrected chi connectivity index (χ3v) is 15.5. The van der Waals surface area contributed by atoms with Crippen molar-refractivity contribution in [2.75, 3.05) is 13.2 Å². The van der Waals surface area contributed by atoms with Gasteiger partial charge in [-0.1, -0.05) is 311 Å². The van der Waals surface area contributed by atoms with Crippen LogP contribution in [0, 0.1) is 0 Å². The Balaban J connectivity index is 4.39. The van der Waals surface area contributed by atoms with Crippen molar-refractivity contribution >= 4 is 17.9 Å². The molecule has 0 bridgehead atoms. The zero-order valence-electron chi connectivity index (χ0n) is 54.9. The summed E-state index contributed by atoms with van der Waals surface area (Å²) in [6, 6.07) is 0. The molecule has 6 heteroatoms. The van der Waals surface area contributed by atoms with Crippen molar-refractivity contribution in [2.24, 2.45) is 0 Å². The first-order valence-corrected chi connectivity index (χ1v) is 35.7. The summed E-state index contributed by atoms with van der Waals surface area (Å²) in [6.07, 6.45) is 95.6. The summed E-state index contributed by atoms with van der Waals surface area (Å²) < 4.78 is 17.0. The van der Waals surface area contributed by atoms with Gasteiger partial charge in [0.25, 0.3) is 0 Å². The van der Waals surface area contributed by atoms with Crippen LogP contribution in [0.25, 0.3) is 0 Å². The molecule has 83 heavy (non-hydrogen) atoms. The maximum atomic E-state index is 13.0. The smallest absolute Gasteiger partial charge is 0.306 e. The number of allylic oxidation sites excluding steroid dienone is 16. The first-order valence-electron chi connectivity index (χ1n) is 35.7. The fourth-order valence-corrected chi connectivity index (χ4v) is 10.2. The van der Waals surface area contributed by atoms with E-state index in [1.807, 2.05) is 0 Å². The van der Waals surface area contributed by atoms with Gasteiger partial charge < -0.3 is 14.2 Å². The van der Waals surface area contributed by atoms with Crippen molar-refractivity contribution in [3.8, 4) is 0 Å². The lowest BCUT2D eigenvalue weighted by atomic mass is 10.0. The standard InChI is InChI=1S/C77H134O6/c1-4-7-10-13-16-19-22-25-28-31-34-37-38-41-43-46-49-52-55-58-61-64-67-70-76(79)82-73-74(83-77(80)71-68-65-62-59-56-53-50-47-44-40-36-33-30-27-24-21-18-15-12-9-6-3)72-81-75(78)69-66-63-60-57-54-51-48-45-42-39-35-32-29-26-23-20-17-14-11-8-5-2/h9,12,18,21-23,25-27,30-32,34-36,40,74H,4-8,10-11,13-17,19-20,24,28-29,33,37-39,41-73H2,1-3H3/b12-9-,21-18-,25-22-,26-23-,30-27-,34-31-,35-32-,40-36-. The SMILES string of the molecule is CC/C=C\C/C=C\C/C=C\C/C=C\CCCCCCCCCCC(=O)OC(COC(=O)CCCCCCCCCCC/C=C\C/C=C\CCCCCCC)COC(=O)CCCCCCCCCCCCC/C=C\C/C=C\CCCCCCC. The Labute approximate surface area is 515 Å². The number of unbranched alkanes of at least 4 members (excludes halogenated alkanes) is 38. The second-order valence-electron chi connectivity index (χ2n) is 23.8. The Bertz CT molecular complexity index is 1610. The van der Waals surface area contributed by atoms with Crippen LogP contribution in [0.1, 0.15) is 355 Å². The largest absolute Gasteiger partial charge is 0.462 e. The van der Waals surface area contributed by atoms with Crippen LogP contribution in [0.2, 0.25) is 0 Å². The Hall–Kier alpha value is -3.67. The van der Waals surface area contributed by atoms with Crippen molar-refractivity contribution in [1.29, 1.82) is 0 Å². The van der Waals surface area contributed by atoms with Gasteiger partial charge in [-0.05, 0) is 122 Å². The molecule has 0 rings (SSSR count). The molecule has 0 aliphatic rings. The zero-order chi connectivity index (χ0) is 59.9. The first kappa shape index (κ1) is 79.3. The van der Waals surface area contributed by atoms with E-state index < -0.39 is 6.10 Å². The summed E-state index contributed by atoms with van der Waals surface area (Å²) in [5.41, 5.74) is 0. The molecule has 0 aromatic rings. The average molecular weight is 1160 g/mol. The van der Waals surface area contributed by atoms with E-state index in [-0.39, 0.29) is 31.1 Å². The summed E-state index contributed by atoms with van der Waals surface area (Å²) >= 11 is 0. The minimum Gasteiger partial charge on any atom is -0.462 e. The summed E-state index contributed by atoms with van der Waals surface area (Å²) in [4.78, 5) is 38.5. The van der Waals surface area contributed by atoms with Gasteiger partial charge in [-0.15, -0.1) is 0 Å². The third-order valence-electron chi connectivity index (χ3n) is 15.5. The van der Waals surface area contributed by atoms with Gasteiger partial charge in [-0.2, -0.15) is 0 Å². The molecule has 0 saturated carbocycles. The van der Waals surface area contributed by atoms with Crippen LogP contribution < -0.4 is 0 Å². The highest BCUT2D eigenvalue weighted by Gasteiger charge is 2.19. The predicted molar refractivity (Wildman–Crippen MR) is 362 cm³/mol. The molecule has 0 fully saturated rings. The predicted octanol–water partition coefficient (Wildman–Crippen LogP) is 24.8. The number of esters is 3. The lowest BCUT2D eigenvalue weighted by Crippen LogP contribution is -2.30. The van der Waals surface area contributed by atoms with E-state index in [1.54, 1.807) is 0 Å².